The van der Waals surface area contributed by atoms with Gasteiger partial charge in [0.25, 0.3) is 15.7 Å². The van der Waals surface area contributed by atoms with Gasteiger partial charge in [0.2, 0.25) is 0 Å². The topological polar surface area (TPSA) is 151 Å². The Hall–Kier alpha value is -3.67. The van der Waals surface area contributed by atoms with Gasteiger partial charge in [0.15, 0.2) is 0 Å². The molecule has 170 valence electrons. The monoisotopic (exact) mass is 508 g/mol. The molecule has 0 heterocycles. The molecule has 3 aromatic rings. The van der Waals surface area contributed by atoms with Crippen molar-refractivity contribution in [2.24, 2.45) is 5.10 Å². The predicted octanol–water partition coefficient (Wildman–Crippen LogP) is 4.85. The third-order valence-electron chi connectivity index (χ3n) is 4.24. The van der Waals surface area contributed by atoms with Gasteiger partial charge in [-0.05, 0) is 24.3 Å². The quantitative estimate of drug-likeness (QED) is 0.223. The Morgan fingerprint density at radius 3 is 2.48 bits per heavy atom. The van der Waals surface area contributed by atoms with E-state index in [-0.39, 0.29) is 22.0 Å². The number of carboxylic acids is 1. The van der Waals surface area contributed by atoms with Crippen LogP contribution < -0.4 is 10.1 Å². The summed E-state index contributed by atoms with van der Waals surface area (Å²) >= 11 is 12.0. The molecule has 0 aliphatic carbocycles. The average molecular weight is 509 g/mol. The van der Waals surface area contributed by atoms with E-state index in [2.05, 4.69) is 15.2 Å². The number of benzene rings is 3. The number of rotatable bonds is 8. The molecule has 3 aromatic carbocycles. The molecule has 0 fully saturated rings. The predicted molar refractivity (Wildman–Crippen MR) is 125 cm³/mol. The van der Waals surface area contributed by atoms with Gasteiger partial charge in [-0.25, -0.2) is 13.2 Å². The number of halogens is 2. The van der Waals surface area contributed by atoms with Crippen LogP contribution in [-0.4, -0.2) is 30.6 Å². The van der Waals surface area contributed by atoms with Crippen molar-refractivity contribution in [2.75, 3.05) is 10.1 Å². The summed E-state index contributed by atoms with van der Waals surface area (Å²) in [6.45, 7) is 0. The average Bonchev–Trinajstić information content (AvgIpc) is 2.76. The number of nitrogens with zero attached hydrogens (tertiary/aromatic N) is 2. The van der Waals surface area contributed by atoms with Crippen molar-refractivity contribution in [3.05, 3.63) is 92.0 Å². The molecule has 0 spiro atoms. The number of carboxylic acid groups (broad SMARTS) is 1. The smallest absolute Gasteiger partial charge is 0.337 e. The number of hydrazone groups is 1. The molecule has 0 unspecified atom stereocenters. The van der Waals surface area contributed by atoms with Gasteiger partial charge in [0.1, 0.15) is 4.90 Å². The zero-order chi connectivity index (χ0) is 24.2. The van der Waals surface area contributed by atoms with Crippen molar-refractivity contribution < 1.29 is 23.2 Å². The number of nitro groups is 1. The second-order valence-electron chi connectivity index (χ2n) is 6.41. The van der Waals surface area contributed by atoms with Crippen LogP contribution >= 0.6 is 23.2 Å². The number of para-hydroxylation sites is 1. The highest BCUT2D eigenvalue weighted by Crippen LogP contribution is 2.29. The molecular formula is C20H14Cl2N4O6S. The Labute approximate surface area is 197 Å². The van der Waals surface area contributed by atoms with Crippen LogP contribution in [-0.2, 0) is 10.0 Å². The number of aromatic carboxylic acids is 1. The van der Waals surface area contributed by atoms with Gasteiger partial charge in [0.05, 0.1) is 38.1 Å². The van der Waals surface area contributed by atoms with Crippen LogP contribution in [0.5, 0.6) is 0 Å². The van der Waals surface area contributed by atoms with Crippen LogP contribution in [0.2, 0.25) is 10.0 Å². The summed E-state index contributed by atoms with van der Waals surface area (Å²) in [5.41, 5.74) is 1.85. The van der Waals surface area contributed by atoms with Gasteiger partial charge in [-0.3, -0.25) is 20.3 Å². The van der Waals surface area contributed by atoms with Crippen LogP contribution in [0.1, 0.15) is 15.9 Å². The molecular weight excluding hydrogens is 495 g/mol. The summed E-state index contributed by atoms with van der Waals surface area (Å²) in [4.78, 5) is 21.3. The van der Waals surface area contributed by atoms with E-state index in [9.17, 15) is 28.4 Å². The highest BCUT2D eigenvalue weighted by molar-refractivity contribution is 7.93. The summed E-state index contributed by atoms with van der Waals surface area (Å²) in [6, 6.07) is 13.3. The Bertz CT molecular complexity index is 1380. The van der Waals surface area contributed by atoms with Gasteiger partial charge < -0.3 is 5.11 Å². The second kappa shape index (κ2) is 9.86. The van der Waals surface area contributed by atoms with Crippen molar-refractivity contribution in [3.8, 4) is 0 Å². The van der Waals surface area contributed by atoms with E-state index in [1.54, 1.807) is 18.2 Å². The molecule has 3 rings (SSSR count). The van der Waals surface area contributed by atoms with Crippen LogP contribution in [0, 0.1) is 10.1 Å². The standard InChI is InChI=1S/C20H14Cl2N4O6S/c21-15-6-3-4-12(19(15)22)11-23-24-17-9-8-13(26(29)30)10-18(17)33(31,32)25-16-7-2-1-5-14(16)20(27)28/h1-11,24-25H,(H,27,28)/b23-11-. The molecule has 0 aromatic heterocycles. The maximum atomic E-state index is 13.0. The number of nitrogens with one attached hydrogen (secondary N) is 2. The van der Waals surface area contributed by atoms with Gasteiger partial charge in [-0.1, -0.05) is 47.5 Å². The largest absolute Gasteiger partial charge is 0.478 e. The van der Waals surface area contributed by atoms with Gasteiger partial charge >= 0.3 is 5.97 Å². The number of anilines is 2. The third kappa shape index (κ3) is 5.58. The lowest BCUT2D eigenvalue weighted by Crippen LogP contribution is -2.17. The fourth-order valence-electron chi connectivity index (χ4n) is 2.69. The van der Waals surface area contributed by atoms with E-state index in [0.717, 1.165) is 18.2 Å². The van der Waals surface area contributed by atoms with E-state index in [0.29, 0.717) is 10.6 Å². The Balaban J connectivity index is 2.00. The Kier molecular flexibility index (Phi) is 7.16. The molecule has 10 nitrogen and oxygen atoms in total. The Morgan fingerprint density at radius 1 is 1.06 bits per heavy atom. The molecule has 0 aliphatic heterocycles. The van der Waals surface area contributed by atoms with Crippen molar-refractivity contribution in [1.82, 2.24) is 0 Å². The fraction of sp³-hybridized carbons (Fsp3) is 0. The lowest BCUT2D eigenvalue weighted by atomic mass is 10.2. The molecule has 0 saturated carbocycles. The van der Waals surface area contributed by atoms with E-state index in [1.807, 2.05) is 0 Å². The number of non-ortho nitro benzene ring substituents is 1. The zero-order valence-electron chi connectivity index (χ0n) is 16.4. The molecule has 3 N–H and O–H groups in total. The first-order chi connectivity index (χ1) is 15.6. The van der Waals surface area contributed by atoms with E-state index in [1.165, 1.54) is 30.5 Å². The van der Waals surface area contributed by atoms with E-state index >= 15 is 0 Å². The minimum Gasteiger partial charge on any atom is -0.478 e. The lowest BCUT2D eigenvalue weighted by molar-refractivity contribution is -0.385. The van der Waals surface area contributed by atoms with Crippen molar-refractivity contribution in [2.45, 2.75) is 4.90 Å². The van der Waals surface area contributed by atoms with E-state index in [4.69, 9.17) is 23.2 Å². The van der Waals surface area contributed by atoms with Crippen molar-refractivity contribution in [3.63, 3.8) is 0 Å². The zero-order valence-corrected chi connectivity index (χ0v) is 18.7. The molecule has 0 amide bonds. The first-order valence-electron chi connectivity index (χ1n) is 8.97. The van der Waals surface area contributed by atoms with Gasteiger partial charge in [0, 0.05) is 17.7 Å². The highest BCUT2D eigenvalue weighted by atomic mass is 35.5. The number of hydrogen-bond donors (Lipinski definition) is 3. The summed E-state index contributed by atoms with van der Waals surface area (Å²) in [5.74, 6) is -1.35. The first kappa shape index (κ1) is 24.0. The first-order valence-corrected chi connectivity index (χ1v) is 11.2. The molecule has 0 bridgehead atoms. The molecule has 33 heavy (non-hydrogen) atoms. The van der Waals surface area contributed by atoms with Crippen LogP contribution in [0.15, 0.2) is 70.7 Å². The molecule has 0 aliphatic rings. The fourth-order valence-corrected chi connectivity index (χ4v) is 4.30. The van der Waals surface area contributed by atoms with Crippen LogP contribution in [0.3, 0.4) is 0 Å². The third-order valence-corrected chi connectivity index (χ3v) is 6.48. The summed E-state index contributed by atoms with van der Waals surface area (Å²) in [7, 11) is -4.47. The second-order valence-corrected chi connectivity index (χ2v) is 8.84. The van der Waals surface area contributed by atoms with Crippen LogP contribution in [0.25, 0.3) is 0 Å². The lowest BCUT2D eigenvalue weighted by Gasteiger charge is -2.13. The van der Waals surface area contributed by atoms with Gasteiger partial charge in [-0.2, -0.15) is 5.10 Å². The maximum Gasteiger partial charge on any atom is 0.337 e. The summed E-state index contributed by atoms with van der Waals surface area (Å²) in [5, 5.41) is 25.0. The number of carbonyl (C=O) groups is 1. The SMILES string of the molecule is O=C(O)c1ccccc1NS(=O)(=O)c1cc([N+](=O)[O-])ccc1N/N=C\c1cccc(Cl)c1Cl. The number of hydrogen-bond acceptors (Lipinski definition) is 7. The number of sulfonamides is 1. The van der Waals surface area contributed by atoms with Gasteiger partial charge in [-0.15, -0.1) is 0 Å². The van der Waals surface area contributed by atoms with Crippen molar-refractivity contribution in [1.29, 1.82) is 0 Å². The minimum atomic E-state index is -4.47. The number of nitro benzene ring substituents is 1. The molecule has 0 saturated heterocycles. The van der Waals surface area contributed by atoms with E-state index < -0.39 is 31.5 Å². The molecule has 0 atom stereocenters. The minimum absolute atomic E-state index is 0.102. The molecule has 13 heteroatoms. The Morgan fingerprint density at radius 2 is 1.79 bits per heavy atom. The van der Waals surface area contributed by atoms with Crippen LogP contribution in [0.4, 0.5) is 17.1 Å². The normalized spacial score (nSPS) is 11.3. The van der Waals surface area contributed by atoms with Crippen molar-refractivity contribution >= 4 is 62.5 Å². The highest BCUT2D eigenvalue weighted by Gasteiger charge is 2.24. The molecule has 0 radical (unpaired) electrons. The summed E-state index contributed by atoms with van der Waals surface area (Å²) in [6.07, 6.45) is 1.29. The summed E-state index contributed by atoms with van der Waals surface area (Å²) < 4.78 is 28.2. The maximum absolute atomic E-state index is 13.0.